The number of nitrogens with two attached hydrogens (primary N) is 1. The SMILES string of the molecule is CN=CC(=CN)c1ccc(CN2Cc3cccc(OCCN4C(=O)c5ccccc5C4=O)c3C2=O)cc1. The number of hydrogen-bond donors (Lipinski definition) is 1. The fourth-order valence-corrected chi connectivity index (χ4v) is 4.70. The molecule has 2 aliphatic heterocycles. The third-order valence-electron chi connectivity index (χ3n) is 6.53. The van der Waals surface area contributed by atoms with Crippen molar-refractivity contribution in [2.24, 2.45) is 10.7 Å². The Morgan fingerprint density at radius 2 is 1.65 bits per heavy atom. The van der Waals surface area contributed by atoms with Crippen molar-refractivity contribution < 1.29 is 19.1 Å². The van der Waals surface area contributed by atoms with Crippen LogP contribution in [0.25, 0.3) is 5.57 Å². The van der Waals surface area contributed by atoms with Crippen molar-refractivity contribution in [3.05, 3.63) is 106 Å². The smallest absolute Gasteiger partial charge is 0.261 e. The highest BCUT2D eigenvalue weighted by atomic mass is 16.5. The van der Waals surface area contributed by atoms with Crippen LogP contribution in [0.1, 0.15) is 47.8 Å². The number of imide groups is 1. The molecule has 8 nitrogen and oxygen atoms in total. The van der Waals surface area contributed by atoms with E-state index in [1.165, 1.54) is 11.1 Å². The molecule has 3 amide bonds. The van der Waals surface area contributed by atoms with Gasteiger partial charge < -0.3 is 15.4 Å². The van der Waals surface area contributed by atoms with Gasteiger partial charge in [0, 0.05) is 38.1 Å². The van der Waals surface area contributed by atoms with Crippen LogP contribution >= 0.6 is 0 Å². The van der Waals surface area contributed by atoms with E-state index in [4.69, 9.17) is 10.5 Å². The number of carbonyl (C=O) groups excluding carboxylic acids is 3. The molecule has 0 fully saturated rings. The zero-order valence-electron chi connectivity index (χ0n) is 20.4. The van der Waals surface area contributed by atoms with E-state index >= 15 is 0 Å². The van der Waals surface area contributed by atoms with Crippen LogP contribution in [-0.4, -0.2) is 53.9 Å². The third-order valence-corrected chi connectivity index (χ3v) is 6.53. The maximum absolute atomic E-state index is 13.3. The quantitative estimate of drug-likeness (QED) is 0.381. The van der Waals surface area contributed by atoms with E-state index in [9.17, 15) is 14.4 Å². The van der Waals surface area contributed by atoms with Crippen molar-refractivity contribution in [3.8, 4) is 5.75 Å². The highest BCUT2D eigenvalue weighted by Gasteiger charge is 2.35. The van der Waals surface area contributed by atoms with Gasteiger partial charge in [-0.1, -0.05) is 48.5 Å². The Morgan fingerprint density at radius 1 is 0.946 bits per heavy atom. The lowest BCUT2D eigenvalue weighted by Crippen LogP contribution is -2.33. The Balaban J connectivity index is 1.24. The van der Waals surface area contributed by atoms with Crippen molar-refractivity contribution in [1.29, 1.82) is 0 Å². The van der Waals surface area contributed by atoms with Crippen LogP contribution in [0.3, 0.4) is 0 Å². The summed E-state index contributed by atoms with van der Waals surface area (Å²) >= 11 is 0. The Bertz CT molecular complexity index is 1410. The van der Waals surface area contributed by atoms with Gasteiger partial charge in [0.15, 0.2) is 0 Å². The van der Waals surface area contributed by atoms with Crippen LogP contribution in [0.2, 0.25) is 0 Å². The van der Waals surface area contributed by atoms with E-state index in [1.807, 2.05) is 36.4 Å². The first-order chi connectivity index (χ1) is 18.0. The summed E-state index contributed by atoms with van der Waals surface area (Å²) in [6.45, 7) is 1.12. The number of benzene rings is 3. The van der Waals surface area contributed by atoms with Crippen molar-refractivity contribution in [2.45, 2.75) is 13.1 Å². The molecule has 0 aromatic heterocycles. The number of nitrogens with zero attached hydrogens (tertiary/aromatic N) is 3. The third kappa shape index (κ3) is 4.49. The van der Waals surface area contributed by atoms with Gasteiger partial charge >= 0.3 is 0 Å². The molecule has 3 aromatic rings. The lowest BCUT2D eigenvalue weighted by molar-refractivity contribution is 0.0628. The van der Waals surface area contributed by atoms with Crippen molar-refractivity contribution in [2.75, 3.05) is 20.2 Å². The highest BCUT2D eigenvalue weighted by molar-refractivity contribution is 6.21. The lowest BCUT2D eigenvalue weighted by Gasteiger charge is -2.17. The largest absolute Gasteiger partial charge is 0.491 e. The molecule has 2 heterocycles. The molecule has 0 atom stereocenters. The minimum absolute atomic E-state index is 0.0920. The van der Waals surface area contributed by atoms with Crippen LogP contribution in [0.4, 0.5) is 0 Å². The van der Waals surface area contributed by atoms with Gasteiger partial charge in [-0.2, -0.15) is 0 Å². The molecule has 8 heteroatoms. The number of amides is 3. The molecular formula is C29H26N4O4. The first-order valence-electron chi connectivity index (χ1n) is 11.9. The Morgan fingerprint density at radius 3 is 2.30 bits per heavy atom. The minimum Gasteiger partial charge on any atom is -0.491 e. The van der Waals surface area contributed by atoms with Crippen molar-refractivity contribution in [1.82, 2.24) is 9.80 Å². The number of aliphatic imine (C=N–C) groups is 1. The lowest BCUT2D eigenvalue weighted by atomic mass is 10.1. The van der Waals surface area contributed by atoms with Crippen LogP contribution in [-0.2, 0) is 13.1 Å². The maximum Gasteiger partial charge on any atom is 0.261 e. The Labute approximate surface area is 214 Å². The summed E-state index contributed by atoms with van der Waals surface area (Å²) in [5, 5.41) is 0. The predicted octanol–water partition coefficient (Wildman–Crippen LogP) is 3.52. The molecule has 3 aromatic carbocycles. The molecule has 0 spiro atoms. The van der Waals surface area contributed by atoms with Crippen LogP contribution in [0.15, 0.2) is 77.9 Å². The van der Waals surface area contributed by atoms with Gasteiger partial charge in [0.25, 0.3) is 17.7 Å². The van der Waals surface area contributed by atoms with Crippen LogP contribution in [0, 0.1) is 0 Å². The number of fused-ring (bicyclic) bond motifs is 2. The van der Waals surface area contributed by atoms with Crippen LogP contribution < -0.4 is 10.5 Å². The predicted molar refractivity (Wildman–Crippen MR) is 140 cm³/mol. The molecule has 5 rings (SSSR count). The molecule has 2 N–H and O–H groups in total. The van der Waals surface area contributed by atoms with Gasteiger partial charge in [-0.15, -0.1) is 0 Å². The average molecular weight is 495 g/mol. The summed E-state index contributed by atoms with van der Waals surface area (Å²) in [5.74, 6) is -0.316. The first-order valence-corrected chi connectivity index (χ1v) is 11.9. The van der Waals surface area contributed by atoms with Gasteiger partial charge in [-0.05, 0) is 34.9 Å². The van der Waals surface area contributed by atoms with Gasteiger partial charge in [-0.3, -0.25) is 24.3 Å². The molecule has 0 bridgehead atoms. The van der Waals surface area contributed by atoms with E-state index in [0.29, 0.717) is 35.5 Å². The second-order valence-electron chi connectivity index (χ2n) is 8.81. The number of carbonyl (C=O) groups is 3. The molecule has 0 aliphatic carbocycles. The van der Waals surface area contributed by atoms with E-state index in [-0.39, 0.29) is 30.9 Å². The molecule has 2 aliphatic rings. The second kappa shape index (κ2) is 10.1. The van der Waals surface area contributed by atoms with E-state index < -0.39 is 0 Å². The molecule has 0 unspecified atom stereocenters. The fraction of sp³-hybridized carbons (Fsp3) is 0.172. The maximum atomic E-state index is 13.3. The second-order valence-corrected chi connectivity index (χ2v) is 8.81. The average Bonchev–Trinajstić information content (AvgIpc) is 3.37. The monoisotopic (exact) mass is 494 g/mol. The number of ether oxygens (including phenoxy) is 1. The summed E-state index contributed by atoms with van der Waals surface area (Å²) in [6.07, 6.45) is 3.21. The Kier molecular flexibility index (Phi) is 6.55. The van der Waals surface area contributed by atoms with Gasteiger partial charge in [0.2, 0.25) is 0 Å². The molecule has 0 radical (unpaired) electrons. The summed E-state index contributed by atoms with van der Waals surface area (Å²) in [6, 6.07) is 20.1. The topological polar surface area (TPSA) is 105 Å². The van der Waals surface area contributed by atoms with Crippen molar-refractivity contribution in [3.63, 3.8) is 0 Å². The van der Waals surface area contributed by atoms with Gasteiger partial charge in [0.1, 0.15) is 12.4 Å². The molecule has 0 saturated carbocycles. The summed E-state index contributed by atoms with van der Waals surface area (Å²) < 4.78 is 5.93. The number of rotatable bonds is 8. The molecule has 0 saturated heterocycles. The molecule has 37 heavy (non-hydrogen) atoms. The zero-order valence-corrected chi connectivity index (χ0v) is 20.4. The summed E-state index contributed by atoms with van der Waals surface area (Å²) in [5.41, 5.74) is 10.7. The standard InChI is InChI=1S/C29H26N4O4/c1-31-16-22(15-30)20-11-9-19(10-12-20)17-32-18-21-5-4-8-25(26(21)29(32)36)37-14-13-33-27(34)23-6-2-3-7-24(23)28(33)35/h2-12,15-16H,13-14,17-18,30H2,1H3. The van der Waals surface area contributed by atoms with E-state index in [1.54, 1.807) is 48.5 Å². The first kappa shape index (κ1) is 24.0. The number of allylic oxidation sites excluding steroid dienone is 1. The summed E-state index contributed by atoms with van der Waals surface area (Å²) in [7, 11) is 1.69. The van der Waals surface area contributed by atoms with E-state index in [0.717, 1.165) is 22.3 Å². The van der Waals surface area contributed by atoms with Gasteiger partial charge in [0.05, 0.1) is 23.2 Å². The fourth-order valence-electron chi connectivity index (χ4n) is 4.70. The molecule has 186 valence electrons. The summed E-state index contributed by atoms with van der Waals surface area (Å²) in [4.78, 5) is 45.4. The van der Waals surface area contributed by atoms with Gasteiger partial charge in [-0.25, -0.2) is 0 Å². The highest BCUT2D eigenvalue weighted by Crippen LogP contribution is 2.32. The van der Waals surface area contributed by atoms with E-state index in [2.05, 4.69) is 4.99 Å². The molecular weight excluding hydrogens is 468 g/mol. The normalized spacial score (nSPS) is 15.1. The zero-order chi connectivity index (χ0) is 25.9. The Hall–Kier alpha value is -4.72. The minimum atomic E-state index is -0.327. The van der Waals surface area contributed by atoms with Crippen molar-refractivity contribution >= 4 is 29.5 Å². The van der Waals surface area contributed by atoms with Crippen LogP contribution in [0.5, 0.6) is 5.75 Å². The number of hydrogen-bond acceptors (Lipinski definition) is 6.